The number of hydrogen-bond donors (Lipinski definition) is 2. The van der Waals surface area contributed by atoms with Gasteiger partial charge < -0.3 is 5.32 Å². The first kappa shape index (κ1) is 12.9. The second kappa shape index (κ2) is 4.78. The number of piperazine rings is 1. The molecule has 0 radical (unpaired) electrons. The van der Waals surface area contributed by atoms with E-state index in [1.807, 2.05) is 27.7 Å². The average molecular weight is 235 g/mol. The molecule has 0 amide bonds. The highest BCUT2D eigenvalue weighted by Crippen LogP contribution is 2.08. The Kier molecular flexibility index (Phi) is 4.11. The summed E-state index contributed by atoms with van der Waals surface area (Å²) in [5, 5.41) is 3.30. The second-order valence-corrected chi connectivity index (χ2v) is 6.27. The van der Waals surface area contributed by atoms with E-state index in [0.717, 1.165) is 0 Å². The molecule has 2 atom stereocenters. The van der Waals surface area contributed by atoms with Crippen LogP contribution in [-0.2, 0) is 10.2 Å². The summed E-state index contributed by atoms with van der Waals surface area (Å²) in [7, 11) is -3.31. The predicted molar refractivity (Wildman–Crippen MR) is 60.8 cm³/mol. The number of nitrogens with one attached hydrogen (secondary N) is 2. The molecule has 15 heavy (non-hydrogen) atoms. The van der Waals surface area contributed by atoms with Crippen LogP contribution in [0, 0.1) is 0 Å². The Hall–Kier alpha value is -0.170. The van der Waals surface area contributed by atoms with E-state index in [4.69, 9.17) is 0 Å². The van der Waals surface area contributed by atoms with Gasteiger partial charge in [0.15, 0.2) is 0 Å². The molecule has 1 saturated heterocycles. The van der Waals surface area contributed by atoms with Crippen molar-refractivity contribution in [2.24, 2.45) is 0 Å². The number of rotatable bonds is 3. The van der Waals surface area contributed by atoms with E-state index in [1.54, 1.807) is 0 Å². The molecule has 0 saturated carbocycles. The smallest absolute Gasteiger partial charge is 0.279 e. The molecule has 1 aliphatic heterocycles. The van der Waals surface area contributed by atoms with Crippen LogP contribution in [0.25, 0.3) is 0 Å². The summed E-state index contributed by atoms with van der Waals surface area (Å²) in [6, 6.07) is 0.352. The van der Waals surface area contributed by atoms with E-state index in [1.165, 1.54) is 4.31 Å². The standard InChI is InChI=1S/C9H21N3O2S/c1-7(2)11-15(13,14)12-5-8(3)10-9(4)6-12/h7-11H,5-6H2,1-4H3. The first-order valence-electron chi connectivity index (χ1n) is 5.34. The summed E-state index contributed by atoms with van der Waals surface area (Å²) >= 11 is 0. The first-order valence-corrected chi connectivity index (χ1v) is 6.78. The summed E-state index contributed by atoms with van der Waals surface area (Å²) in [6.45, 7) is 8.71. The molecule has 2 N–H and O–H groups in total. The van der Waals surface area contributed by atoms with Crippen molar-refractivity contribution >= 4 is 10.2 Å². The zero-order valence-corrected chi connectivity index (χ0v) is 10.6. The van der Waals surface area contributed by atoms with Gasteiger partial charge in [-0.1, -0.05) is 0 Å². The van der Waals surface area contributed by atoms with Gasteiger partial charge in [-0.25, -0.2) is 0 Å². The lowest BCUT2D eigenvalue weighted by Crippen LogP contribution is -2.58. The van der Waals surface area contributed by atoms with Gasteiger partial charge in [-0.2, -0.15) is 17.4 Å². The minimum Gasteiger partial charge on any atom is -0.309 e. The summed E-state index contributed by atoms with van der Waals surface area (Å²) in [5.41, 5.74) is 0. The normalized spacial score (nSPS) is 29.7. The lowest BCUT2D eigenvalue weighted by molar-refractivity contribution is 0.259. The van der Waals surface area contributed by atoms with Crippen molar-refractivity contribution in [3.8, 4) is 0 Å². The fraction of sp³-hybridized carbons (Fsp3) is 1.00. The Morgan fingerprint density at radius 1 is 1.27 bits per heavy atom. The molecule has 0 aromatic heterocycles. The van der Waals surface area contributed by atoms with Crippen LogP contribution < -0.4 is 10.0 Å². The Morgan fingerprint density at radius 2 is 1.73 bits per heavy atom. The van der Waals surface area contributed by atoms with Gasteiger partial charge in [0.25, 0.3) is 10.2 Å². The highest BCUT2D eigenvalue weighted by atomic mass is 32.2. The zero-order chi connectivity index (χ0) is 11.6. The van der Waals surface area contributed by atoms with Gasteiger partial charge >= 0.3 is 0 Å². The van der Waals surface area contributed by atoms with E-state index < -0.39 is 10.2 Å². The molecular weight excluding hydrogens is 214 g/mol. The van der Waals surface area contributed by atoms with Crippen LogP contribution in [0.15, 0.2) is 0 Å². The van der Waals surface area contributed by atoms with Crippen LogP contribution in [0.4, 0.5) is 0 Å². The lowest BCUT2D eigenvalue weighted by Gasteiger charge is -2.35. The molecule has 1 heterocycles. The summed E-state index contributed by atoms with van der Waals surface area (Å²) in [6.07, 6.45) is 0. The molecule has 1 aliphatic rings. The van der Waals surface area contributed by atoms with Crippen molar-refractivity contribution in [3.63, 3.8) is 0 Å². The van der Waals surface area contributed by atoms with E-state index >= 15 is 0 Å². The third kappa shape index (κ3) is 3.71. The van der Waals surface area contributed by atoms with Crippen molar-refractivity contribution in [2.75, 3.05) is 13.1 Å². The van der Waals surface area contributed by atoms with Crippen LogP contribution in [0.1, 0.15) is 27.7 Å². The highest BCUT2D eigenvalue weighted by Gasteiger charge is 2.30. The Morgan fingerprint density at radius 3 is 2.13 bits per heavy atom. The van der Waals surface area contributed by atoms with Crippen LogP contribution in [-0.4, -0.2) is 43.9 Å². The zero-order valence-electron chi connectivity index (χ0n) is 9.82. The van der Waals surface area contributed by atoms with Gasteiger partial charge in [0.05, 0.1) is 0 Å². The summed E-state index contributed by atoms with van der Waals surface area (Å²) in [4.78, 5) is 0. The van der Waals surface area contributed by atoms with E-state index in [0.29, 0.717) is 13.1 Å². The van der Waals surface area contributed by atoms with Gasteiger partial charge in [-0.15, -0.1) is 0 Å². The second-order valence-electron chi connectivity index (χ2n) is 4.56. The molecular formula is C9H21N3O2S. The maximum atomic E-state index is 11.9. The molecule has 0 aliphatic carbocycles. The van der Waals surface area contributed by atoms with Crippen molar-refractivity contribution in [1.29, 1.82) is 0 Å². The number of hydrogen-bond acceptors (Lipinski definition) is 3. The van der Waals surface area contributed by atoms with Crippen LogP contribution in [0.3, 0.4) is 0 Å². The van der Waals surface area contributed by atoms with Crippen molar-refractivity contribution in [2.45, 2.75) is 45.8 Å². The Balaban J connectivity index is 2.70. The Labute approximate surface area is 92.4 Å². The fourth-order valence-electron chi connectivity index (χ4n) is 1.85. The maximum absolute atomic E-state index is 11.9. The van der Waals surface area contributed by atoms with Crippen LogP contribution in [0.2, 0.25) is 0 Å². The van der Waals surface area contributed by atoms with Gasteiger partial charge in [-0.3, -0.25) is 0 Å². The molecule has 90 valence electrons. The summed E-state index contributed by atoms with van der Waals surface area (Å²) < 4.78 is 27.9. The SMILES string of the molecule is CC(C)NS(=O)(=O)N1CC(C)NC(C)C1. The predicted octanol–water partition coefficient (Wildman–Crippen LogP) is -0.0886. The van der Waals surface area contributed by atoms with Crippen LogP contribution in [0.5, 0.6) is 0 Å². The highest BCUT2D eigenvalue weighted by molar-refractivity contribution is 7.87. The maximum Gasteiger partial charge on any atom is 0.279 e. The topological polar surface area (TPSA) is 61.4 Å². The third-order valence-electron chi connectivity index (χ3n) is 2.25. The average Bonchev–Trinajstić information content (AvgIpc) is 1.99. The summed E-state index contributed by atoms with van der Waals surface area (Å²) in [5.74, 6) is 0. The van der Waals surface area contributed by atoms with Gasteiger partial charge in [-0.05, 0) is 27.7 Å². The van der Waals surface area contributed by atoms with Gasteiger partial charge in [0.1, 0.15) is 0 Å². The molecule has 6 heteroatoms. The first-order chi connectivity index (χ1) is 6.81. The third-order valence-corrected chi connectivity index (χ3v) is 4.00. The quantitative estimate of drug-likeness (QED) is 0.719. The minimum atomic E-state index is -3.31. The van der Waals surface area contributed by atoms with E-state index in [2.05, 4.69) is 10.0 Å². The van der Waals surface area contributed by atoms with E-state index in [9.17, 15) is 8.42 Å². The van der Waals surface area contributed by atoms with E-state index in [-0.39, 0.29) is 18.1 Å². The molecule has 2 unspecified atom stereocenters. The number of nitrogens with zero attached hydrogens (tertiary/aromatic N) is 1. The monoisotopic (exact) mass is 235 g/mol. The van der Waals surface area contributed by atoms with Crippen molar-refractivity contribution < 1.29 is 8.42 Å². The fourth-order valence-corrected chi connectivity index (χ4v) is 3.43. The Bertz CT molecular complexity index is 292. The molecule has 0 spiro atoms. The van der Waals surface area contributed by atoms with Gasteiger partial charge in [0, 0.05) is 31.2 Å². The molecule has 5 nitrogen and oxygen atoms in total. The lowest BCUT2D eigenvalue weighted by atomic mass is 10.2. The van der Waals surface area contributed by atoms with Crippen molar-refractivity contribution in [3.05, 3.63) is 0 Å². The molecule has 0 aromatic rings. The van der Waals surface area contributed by atoms with Crippen LogP contribution >= 0.6 is 0 Å². The molecule has 0 aromatic carbocycles. The minimum absolute atomic E-state index is 0.0597. The molecule has 1 fully saturated rings. The van der Waals surface area contributed by atoms with Crippen molar-refractivity contribution in [1.82, 2.24) is 14.3 Å². The molecule has 0 bridgehead atoms. The largest absolute Gasteiger partial charge is 0.309 e. The van der Waals surface area contributed by atoms with Gasteiger partial charge in [0.2, 0.25) is 0 Å². The molecule has 1 rings (SSSR count).